The zero-order chi connectivity index (χ0) is 23.8. The Kier molecular flexibility index (Phi) is 5.49. The van der Waals surface area contributed by atoms with Gasteiger partial charge in [0.05, 0.1) is 11.4 Å². The minimum Gasteiger partial charge on any atom is -0.322 e. The van der Waals surface area contributed by atoms with Gasteiger partial charge in [0.1, 0.15) is 0 Å². The predicted molar refractivity (Wildman–Crippen MR) is 134 cm³/mol. The van der Waals surface area contributed by atoms with Crippen molar-refractivity contribution in [2.75, 3.05) is 16.8 Å². The molecule has 0 fully saturated rings. The minimum absolute atomic E-state index is 0.0590. The first-order valence-electron chi connectivity index (χ1n) is 11.3. The third-order valence-corrected chi connectivity index (χ3v) is 6.31. The summed E-state index contributed by atoms with van der Waals surface area (Å²) in [6.45, 7) is 4.38. The summed E-state index contributed by atoms with van der Waals surface area (Å²) in [5, 5.41) is 7.60. The van der Waals surface area contributed by atoms with Crippen molar-refractivity contribution >= 4 is 23.2 Å². The van der Waals surface area contributed by atoms with E-state index in [2.05, 4.69) is 10.4 Å². The highest BCUT2D eigenvalue weighted by atomic mass is 16.2. The van der Waals surface area contributed by atoms with Gasteiger partial charge in [0, 0.05) is 42.2 Å². The normalized spacial score (nSPS) is 12.5. The van der Waals surface area contributed by atoms with Crippen molar-refractivity contribution in [2.24, 2.45) is 7.05 Å². The third-order valence-electron chi connectivity index (χ3n) is 6.31. The van der Waals surface area contributed by atoms with E-state index in [1.165, 1.54) is 0 Å². The van der Waals surface area contributed by atoms with Crippen molar-refractivity contribution in [3.05, 3.63) is 101 Å². The van der Waals surface area contributed by atoms with E-state index >= 15 is 0 Å². The van der Waals surface area contributed by atoms with Crippen molar-refractivity contribution in [3.8, 4) is 11.3 Å². The molecular formula is C28H26N4O2. The van der Waals surface area contributed by atoms with Gasteiger partial charge in [-0.2, -0.15) is 5.10 Å². The SMILES string of the molecule is Cc1ccccc1C(=O)Nc1ccc(C(=O)N2CCc3cn(C)nc3-c3ccccc32)c(C)c1. The highest BCUT2D eigenvalue weighted by Gasteiger charge is 2.27. The van der Waals surface area contributed by atoms with Crippen LogP contribution in [0.5, 0.6) is 0 Å². The molecule has 0 atom stereocenters. The van der Waals surface area contributed by atoms with E-state index in [1.807, 2.05) is 85.2 Å². The summed E-state index contributed by atoms with van der Waals surface area (Å²) >= 11 is 0. The first kappa shape index (κ1) is 21.6. The first-order valence-corrected chi connectivity index (χ1v) is 11.3. The van der Waals surface area contributed by atoms with E-state index < -0.39 is 0 Å². The van der Waals surface area contributed by atoms with Gasteiger partial charge in [0.15, 0.2) is 0 Å². The molecule has 4 aromatic rings. The molecule has 3 aromatic carbocycles. The number of anilines is 2. The van der Waals surface area contributed by atoms with Crippen molar-refractivity contribution in [1.29, 1.82) is 0 Å². The molecule has 0 radical (unpaired) electrons. The van der Waals surface area contributed by atoms with Gasteiger partial charge in [-0.25, -0.2) is 0 Å². The number of hydrogen-bond acceptors (Lipinski definition) is 3. The van der Waals surface area contributed by atoms with Crippen molar-refractivity contribution in [1.82, 2.24) is 9.78 Å². The van der Waals surface area contributed by atoms with Gasteiger partial charge in [-0.1, -0.05) is 36.4 Å². The fourth-order valence-electron chi connectivity index (χ4n) is 4.57. The number of carbonyl (C=O) groups excluding carboxylic acids is 2. The number of carbonyl (C=O) groups is 2. The molecule has 6 heteroatoms. The zero-order valence-electron chi connectivity index (χ0n) is 19.5. The van der Waals surface area contributed by atoms with Gasteiger partial charge in [-0.15, -0.1) is 0 Å². The molecule has 1 aliphatic heterocycles. The average molecular weight is 451 g/mol. The van der Waals surface area contributed by atoms with Gasteiger partial charge in [0.25, 0.3) is 11.8 Å². The molecule has 5 rings (SSSR count). The van der Waals surface area contributed by atoms with Gasteiger partial charge < -0.3 is 10.2 Å². The predicted octanol–water partition coefficient (Wildman–Crippen LogP) is 5.16. The van der Waals surface area contributed by atoms with Gasteiger partial charge >= 0.3 is 0 Å². The van der Waals surface area contributed by atoms with Gasteiger partial charge in [-0.05, 0) is 67.3 Å². The number of aromatic nitrogens is 2. The summed E-state index contributed by atoms with van der Waals surface area (Å²) in [5.74, 6) is -0.222. The van der Waals surface area contributed by atoms with Crippen LogP contribution in [0.3, 0.4) is 0 Å². The van der Waals surface area contributed by atoms with E-state index in [0.29, 0.717) is 23.4 Å². The lowest BCUT2D eigenvalue weighted by Gasteiger charge is -2.24. The number of benzene rings is 3. The number of aryl methyl sites for hydroxylation is 3. The van der Waals surface area contributed by atoms with Gasteiger partial charge in [0.2, 0.25) is 0 Å². The lowest BCUT2D eigenvalue weighted by molar-refractivity contribution is 0.0985. The van der Waals surface area contributed by atoms with E-state index in [1.54, 1.807) is 18.2 Å². The van der Waals surface area contributed by atoms with E-state index in [9.17, 15) is 9.59 Å². The number of rotatable bonds is 3. The van der Waals surface area contributed by atoms with Crippen LogP contribution in [0.1, 0.15) is 37.4 Å². The minimum atomic E-state index is -0.163. The van der Waals surface area contributed by atoms with Crippen molar-refractivity contribution in [2.45, 2.75) is 20.3 Å². The Bertz CT molecular complexity index is 1420. The second kappa shape index (κ2) is 8.63. The maximum Gasteiger partial charge on any atom is 0.258 e. The van der Waals surface area contributed by atoms with Crippen LogP contribution < -0.4 is 10.2 Å². The lowest BCUT2D eigenvalue weighted by atomic mass is 10.0. The maximum absolute atomic E-state index is 13.7. The zero-order valence-corrected chi connectivity index (χ0v) is 19.5. The summed E-state index contributed by atoms with van der Waals surface area (Å²) in [5.41, 5.74) is 7.53. The van der Waals surface area contributed by atoms with Crippen LogP contribution >= 0.6 is 0 Å². The summed E-state index contributed by atoms with van der Waals surface area (Å²) in [7, 11) is 1.92. The Balaban J connectivity index is 1.43. The maximum atomic E-state index is 13.7. The van der Waals surface area contributed by atoms with Crippen LogP contribution in [0, 0.1) is 13.8 Å². The standard InChI is InChI=1S/C28H26N4O2/c1-18-8-4-5-9-22(18)27(33)29-21-12-13-23(19(2)16-21)28(34)32-15-14-20-17-31(3)30-26(20)24-10-6-7-11-25(24)32/h4-13,16-17H,14-15H2,1-3H3,(H,29,33). The number of fused-ring (bicyclic) bond motifs is 3. The molecule has 170 valence electrons. The van der Waals surface area contributed by atoms with Gasteiger partial charge in [-0.3, -0.25) is 14.3 Å². The summed E-state index contributed by atoms with van der Waals surface area (Å²) in [6.07, 6.45) is 2.75. The first-order chi connectivity index (χ1) is 16.4. The number of para-hydroxylation sites is 1. The van der Waals surface area contributed by atoms with Crippen LogP contribution in [0.25, 0.3) is 11.3 Å². The number of nitrogens with one attached hydrogen (secondary N) is 1. The molecule has 6 nitrogen and oxygen atoms in total. The highest BCUT2D eigenvalue weighted by Crippen LogP contribution is 2.36. The molecule has 0 saturated heterocycles. The molecule has 1 aliphatic rings. The Morgan fingerprint density at radius 3 is 2.47 bits per heavy atom. The Morgan fingerprint density at radius 1 is 0.912 bits per heavy atom. The second-order valence-corrected chi connectivity index (χ2v) is 8.70. The van der Waals surface area contributed by atoms with Crippen LogP contribution in [0.4, 0.5) is 11.4 Å². The van der Waals surface area contributed by atoms with E-state index in [-0.39, 0.29) is 11.8 Å². The summed E-state index contributed by atoms with van der Waals surface area (Å²) in [4.78, 5) is 28.2. The highest BCUT2D eigenvalue weighted by molar-refractivity contribution is 6.10. The van der Waals surface area contributed by atoms with E-state index in [0.717, 1.165) is 40.1 Å². The summed E-state index contributed by atoms with van der Waals surface area (Å²) < 4.78 is 1.83. The Hall–Kier alpha value is -4.19. The molecule has 0 aliphatic carbocycles. The van der Waals surface area contributed by atoms with E-state index in [4.69, 9.17) is 0 Å². The van der Waals surface area contributed by atoms with Crippen molar-refractivity contribution < 1.29 is 9.59 Å². The molecule has 0 saturated carbocycles. The topological polar surface area (TPSA) is 67.2 Å². The fourth-order valence-corrected chi connectivity index (χ4v) is 4.57. The molecule has 0 unspecified atom stereocenters. The largest absolute Gasteiger partial charge is 0.322 e. The second-order valence-electron chi connectivity index (χ2n) is 8.70. The summed E-state index contributed by atoms with van der Waals surface area (Å²) in [6, 6.07) is 20.8. The number of amides is 2. The molecule has 1 N–H and O–H groups in total. The molecule has 34 heavy (non-hydrogen) atoms. The quantitative estimate of drug-likeness (QED) is 0.469. The smallest absolute Gasteiger partial charge is 0.258 e. The number of hydrogen-bond donors (Lipinski definition) is 1. The molecule has 1 aromatic heterocycles. The van der Waals surface area contributed by atoms with Crippen LogP contribution in [0.15, 0.2) is 72.9 Å². The molecule has 2 heterocycles. The monoisotopic (exact) mass is 450 g/mol. The molecule has 2 amide bonds. The third kappa shape index (κ3) is 3.88. The fraction of sp³-hybridized carbons (Fsp3) is 0.179. The average Bonchev–Trinajstić information content (AvgIpc) is 3.12. The number of nitrogens with zero attached hydrogens (tertiary/aromatic N) is 3. The molecule has 0 spiro atoms. The van der Waals surface area contributed by atoms with Crippen LogP contribution in [0.2, 0.25) is 0 Å². The Labute approximate surface area is 198 Å². The van der Waals surface area contributed by atoms with Crippen molar-refractivity contribution in [3.63, 3.8) is 0 Å². The Morgan fingerprint density at radius 2 is 1.68 bits per heavy atom. The lowest BCUT2D eigenvalue weighted by Crippen LogP contribution is -2.33. The van der Waals surface area contributed by atoms with Crippen LogP contribution in [-0.2, 0) is 13.5 Å². The van der Waals surface area contributed by atoms with Crippen LogP contribution in [-0.4, -0.2) is 28.1 Å². The molecule has 0 bridgehead atoms. The molecular weight excluding hydrogens is 424 g/mol.